The lowest BCUT2D eigenvalue weighted by Gasteiger charge is -2.13. The molecule has 0 bridgehead atoms. The summed E-state index contributed by atoms with van der Waals surface area (Å²) in [7, 11) is 7.37. The van der Waals surface area contributed by atoms with E-state index in [4.69, 9.17) is 23.7 Å². The molecule has 0 spiro atoms. The van der Waals surface area contributed by atoms with Crippen LogP contribution in [0.5, 0.6) is 34.5 Å². The van der Waals surface area contributed by atoms with E-state index in [1.54, 1.807) is 24.3 Å². The molecule has 0 atom stereocenters. The third kappa shape index (κ3) is 4.08. The van der Waals surface area contributed by atoms with Crippen molar-refractivity contribution in [1.29, 1.82) is 0 Å². The second-order valence-electron chi connectivity index (χ2n) is 5.35. The molecular formula is C20H22O7. The van der Waals surface area contributed by atoms with Crippen LogP contribution in [-0.4, -0.2) is 46.4 Å². The van der Waals surface area contributed by atoms with Gasteiger partial charge in [-0.05, 0) is 35.9 Å². The molecule has 1 N–H and O–H groups in total. The molecule has 2 aromatic carbocycles. The number of ether oxygens (including phenoxy) is 5. The summed E-state index contributed by atoms with van der Waals surface area (Å²) < 4.78 is 26.1. The van der Waals surface area contributed by atoms with Crippen LogP contribution in [0.1, 0.15) is 15.9 Å². The molecule has 7 heteroatoms. The lowest BCUT2D eigenvalue weighted by molar-refractivity contribution is 0.104. The van der Waals surface area contributed by atoms with Gasteiger partial charge < -0.3 is 28.8 Å². The average Bonchev–Trinajstić information content (AvgIpc) is 2.70. The van der Waals surface area contributed by atoms with Crippen molar-refractivity contribution in [3.8, 4) is 34.5 Å². The maximum Gasteiger partial charge on any atom is 0.203 e. The van der Waals surface area contributed by atoms with Gasteiger partial charge in [0.1, 0.15) is 0 Å². The lowest BCUT2D eigenvalue weighted by Crippen LogP contribution is -1.99. The van der Waals surface area contributed by atoms with Gasteiger partial charge in [0.25, 0.3) is 0 Å². The fourth-order valence-electron chi connectivity index (χ4n) is 2.57. The molecule has 0 aliphatic heterocycles. The van der Waals surface area contributed by atoms with Crippen LogP contribution in [0.15, 0.2) is 30.3 Å². The molecule has 2 aromatic rings. The van der Waals surface area contributed by atoms with E-state index < -0.39 is 5.78 Å². The molecule has 7 nitrogen and oxygen atoms in total. The molecular weight excluding hydrogens is 352 g/mol. The number of hydrogen-bond donors (Lipinski definition) is 1. The molecule has 0 saturated carbocycles. The first-order valence-corrected chi connectivity index (χ1v) is 7.97. The molecule has 0 saturated heterocycles. The molecule has 0 fully saturated rings. The first kappa shape index (κ1) is 20.0. The van der Waals surface area contributed by atoms with E-state index in [1.165, 1.54) is 47.7 Å². The van der Waals surface area contributed by atoms with Crippen LogP contribution >= 0.6 is 0 Å². The molecule has 0 unspecified atom stereocenters. The van der Waals surface area contributed by atoms with E-state index in [-0.39, 0.29) is 17.1 Å². The van der Waals surface area contributed by atoms with Crippen molar-refractivity contribution < 1.29 is 33.6 Å². The van der Waals surface area contributed by atoms with Gasteiger partial charge in [0.15, 0.2) is 28.8 Å². The van der Waals surface area contributed by atoms with Gasteiger partial charge in [-0.2, -0.15) is 0 Å². The van der Waals surface area contributed by atoms with E-state index in [0.29, 0.717) is 28.6 Å². The Morgan fingerprint density at radius 3 is 1.85 bits per heavy atom. The highest BCUT2D eigenvalue weighted by Gasteiger charge is 2.18. The molecule has 27 heavy (non-hydrogen) atoms. The second-order valence-corrected chi connectivity index (χ2v) is 5.35. The van der Waals surface area contributed by atoms with Gasteiger partial charge in [0, 0.05) is 0 Å². The number of methoxy groups -OCH3 is 5. The average molecular weight is 374 g/mol. The van der Waals surface area contributed by atoms with Crippen molar-refractivity contribution >= 4 is 11.9 Å². The van der Waals surface area contributed by atoms with Gasteiger partial charge in [-0.15, -0.1) is 0 Å². The smallest absolute Gasteiger partial charge is 0.203 e. The van der Waals surface area contributed by atoms with E-state index in [9.17, 15) is 9.90 Å². The van der Waals surface area contributed by atoms with Crippen LogP contribution in [-0.2, 0) is 0 Å². The number of carbonyl (C=O) groups is 1. The Balaban J connectivity index is 2.37. The summed E-state index contributed by atoms with van der Waals surface area (Å²) in [5.41, 5.74) is 0.758. The molecule has 0 aliphatic rings. The van der Waals surface area contributed by atoms with Crippen LogP contribution in [0.25, 0.3) is 6.08 Å². The summed E-state index contributed by atoms with van der Waals surface area (Å²) in [4.78, 5) is 12.5. The van der Waals surface area contributed by atoms with Gasteiger partial charge in [-0.25, -0.2) is 0 Å². The number of aromatic hydroxyl groups is 1. The number of phenols is 1. The third-order valence-corrected chi connectivity index (χ3v) is 3.90. The highest BCUT2D eigenvalue weighted by atomic mass is 16.5. The fourth-order valence-corrected chi connectivity index (χ4v) is 2.57. The predicted octanol–water partition coefficient (Wildman–Crippen LogP) is 3.33. The Hall–Kier alpha value is -3.35. The van der Waals surface area contributed by atoms with Crippen LogP contribution in [0.4, 0.5) is 0 Å². The standard InChI is InChI=1S/C20H22O7/c1-23-15-9-7-13(18(22)20(15)27-5)14(21)8-6-12-10-16(24-2)19(26-4)17(11-12)25-3/h6-11,22H,1-5H3. The second kappa shape index (κ2) is 8.84. The maximum absolute atomic E-state index is 12.5. The maximum atomic E-state index is 12.5. The summed E-state index contributed by atoms with van der Waals surface area (Å²) >= 11 is 0. The highest BCUT2D eigenvalue weighted by molar-refractivity contribution is 6.09. The molecule has 0 amide bonds. The quantitative estimate of drug-likeness (QED) is 0.560. The lowest BCUT2D eigenvalue weighted by atomic mass is 10.1. The Morgan fingerprint density at radius 2 is 1.37 bits per heavy atom. The normalized spacial score (nSPS) is 10.6. The number of benzene rings is 2. The molecule has 144 valence electrons. The number of ketones is 1. The van der Waals surface area contributed by atoms with E-state index >= 15 is 0 Å². The monoisotopic (exact) mass is 374 g/mol. The number of carbonyl (C=O) groups excluding carboxylic acids is 1. The molecule has 0 aromatic heterocycles. The Bertz CT molecular complexity index is 831. The minimum atomic E-state index is -0.401. The van der Waals surface area contributed by atoms with E-state index in [1.807, 2.05) is 0 Å². The minimum Gasteiger partial charge on any atom is -0.504 e. The van der Waals surface area contributed by atoms with Crippen molar-refractivity contribution in [2.75, 3.05) is 35.5 Å². The SMILES string of the molecule is COc1cc(C=CC(=O)c2ccc(OC)c(OC)c2O)cc(OC)c1OC. The number of phenolic OH excluding ortho intramolecular Hbond substituents is 1. The first-order valence-electron chi connectivity index (χ1n) is 7.97. The Labute approximate surface area is 157 Å². The molecule has 0 heterocycles. The molecule has 0 aliphatic carbocycles. The molecule has 0 radical (unpaired) electrons. The predicted molar refractivity (Wildman–Crippen MR) is 101 cm³/mol. The fraction of sp³-hybridized carbons (Fsp3) is 0.250. The largest absolute Gasteiger partial charge is 0.504 e. The molecule has 2 rings (SSSR count). The zero-order valence-corrected chi connectivity index (χ0v) is 15.9. The van der Waals surface area contributed by atoms with Crippen LogP contribution < -0.4 is 23.7 Å². The summed E-state index contributed by atoms with van der Waals surface area (Å²) in [5.74, 6) is 1.15. The first-order chi connectivity index (χ1) is 13.0. The van der Waals surface area contributed by atoms with E-state index in [0.717, 1.165) is 0 Å². The van der Waals surface area contributed by atoms with Crippen molar-refractivity contribution in [1.82, 2.24) is 0 Å². The zero-order chi connectivity index (χ0) is 20.0. The highest BCUT2D eigenvalue weighted by Crippen LogP contribution is 2.40. The summed E-state index contributed by atoms with van der Waals surface area (Å²) in [6.07, 6.45) is 2.92. The zero-order valence-electron chi connectivity index (χ0n) is 15.9. The summed E-state index contributed by atoms with van der Waals surface area (Å²) in [6, 6.07) is 6.44. The minimum absolute atomic E-state index is 0.0938. The third-order valence-electron chi connectivity index (χ3n) is 3.90. The van der Waals surface area contributed by atoms with Crippen molar-refractivity contribution in [3.63, 3.8) is 0 Å². The van der Waals surface area contributed by atoms with Gasteiger partial charge >= 0.3 is 0 Å². The van der Waals surface area contributed by atoms with Crippen molar-refractivity contribution in [2.45, 2.75) is 0 Å². The Morgan fingerprint density at radius 1 is 0.815 bits per heavy atom. The van der Waals surface area contributed by atoms with Crippen LogP contribution in [0, 0.1) is 0 Å². The number of hydrogen-bond acceptors (Lipinski definition) is 7. The van der Waals surface area contributed by atoms with Gasteiger partial charge in [-0.3, -0.25) is 4.79 Å². The van der Waals surface area contributed by atoms with Gasteiger partial charge in [0.05, 0.1) is 41.1 Å². The topological polar surface area (TPSA) is 83.5 Å². The van der Waals surface area contributed by atoms with Gasteiger partial charge in [0.2, 0.25) is 11.5 Å². The number of rotatable bonds is 8. The van der Waals surface area contributed by atoms with Gasteiger partial charge in [-0.1, -0.05) is 6.08 Å². The summed E-state index contributed by atoms with van der Waals surface area (Å²) in [6.45, 7) is 0. The Kier molecular flexibility index (Phi) is 6.54. The van der Waals surface area contributed by atoms with Crippen LogP contribution in [0.3, 0.4) is 0 Å². The van der Waals surface area contributed by atoms with Crippen molar-refractivity contribution in [3.05, 3.63) is 41.5 Å². The number of allylic oxidation sites excluding steroid dienone is 1. The van der Waals surface area contributed by atoms with E-state index in [2.05, 4.69) is 0 Å². The van der Waals surface area contributed by atoms with Crippen molar-refractivity contribution in [2.24, 2.45) is 0 Å². The summed E-state index contributed by atoms with van der Waals surface area (Å²) in [5, 5.41) is 10.3. The van der Waals surface area contributed by atoms with Crippen LogP contribution in [0.2, 0.25) is 0 Å².